The number of nitrogens with one attached hydrogen (secondary N) is 1. The van der Waals surface area contributed by atoms with E-state index >= 15 is 0 Å². The van der Waals surface area contributed by atoms with Crippen molar-refractivity contribution in [3.05, 3.63) is 46.9 Å². The largest absolute Gasteiger partial charge is 0.495 e. The summed E-state index contributed by atoms with van der Waals surface area (Å²) in [5.41, 5.74) is 1.31. The normalized spacial score (nSPS) is 13.6. The third kappa shape index (κ3) is 5.01. The molecule has 1 heterocycles. The number of methoxy groups -OCH3 is 1. The van der Waals surface area contributed by atoms with E-state index in [1.807, 2.05) is 24.3 Å². The summed E-state index contributed by atoms with van der Waals surface area (Å²) in [4.78, 5) is 25.9. The molecule has 1 saturated heterocycles. The number of amides is 2. The summed E-state index contributed by atoms with van der Waals surface area (Å²) in [6.45, 7) is 0.934. The Balaban J connectivity index is 1.59. The fourth-order valence-corrected chi connectivity index (χ4v) is 3.30. The van der Waals surface area contributed by atoms with E-state index in [-0.39, 0.29) is 24.8 Å². The Morgan fingerprint density at radius 3 is 2.81 bits per heavy atom. The molecule has 0 aromatic heterocycles. The fourth-order valence-electron chi connectivity index (χ4n) is 2.92. The second kappa shape index (κ2) is 8.90. The minimum absolute atomic E-state index is 0.0687. The zero-order chi connectivity index (χ0) is 19.2. The quantitative estimate of drug-likeness (QED) is 0.717. The van der Waals surface area contributed by atoms with E-state index in [9.17, 15) is 9.59 Å². The highest BCUT2D eigenvalue weighted by Gasteiger charge is 2.24. The van der Waals surface area contributed by atoms with E-state index < -0.39 is 0 Å². The Morgan fingerprint density at radius 1 is 1.26 bits per heavy atom. The predicted octanol–water partition coefficient (Wildman–Crippen LogP) is 3.99. The third-order valence-electron chi connectivity index (χ3n) is 4.22. The van der Waals surface area contributed by atoms with Crippen molar-refractivity contribution in [2.24, 2.45) is 0 Å². The highest BCUT2D eigenvalue weighted by Crippen LogP contribution is 2.34. The lowest BCUT2D eigenvalue weighted by Gasteiger charge is -2.20. The molecule has 1 aliphatic rings. The first-order chi connectivity index (χ1) is 13.1. The number of benzene rings is 2. The van der Waals surface area contributed by atoms with Crippen molar-refractivity contribution in [1.29, 1.82) is 0 Å². The Morgan fingerprint density at radius 2 is 2.11 bits per heavy atom. The number of nitrogens with zero attached hydrogens (tertiary/aromatic N) is 1. The molecule has 1 N–H and O–H groups in total. The lowest BCUT2D eigenvalue weighted by atomic mass is 10.2. The molecule has 2 amide bonds. The Bertz CT molecular complexity index is 840. The summed E-state index contributed by atoms with van der Waals surface area (Å²) in [6.07, 6.45) is 1.58. The number of halogens is 1. The first-order valence-corrected chi connectivity index (χ1v) is 9.53. The standard InChI is InChI=1S/C20H21BrN2O4/c1-26-18-8-7-15(13-17(18)23-10-3-6-20(23)25)22-19(24)9-11-27-16-5-2-4-14(21)12-16/h2,4-5,7-8,12-13H,3,6,9-11H2,1H3,(H,22,24). The number of carbonyl (C=O) groups is 2. The number of hydrogen-bond donors (Lipinski definition) is 1. The second-order valence-electron chi connectivity index (χ2n) is 6.14. The van der Waals surface area contributed by atoms with Crippen molar-refractivity contribution in [1.82, 2.24) is 0 Å². The summed E-state index contributed by atoms with van der Waals surface area (Å²) in [5, 5.41) is 2.85. The van der Waals surface area contributed by atoms with Crippen LogP contribution in [0.5, 0.6) is 11.5 Å². The van der Waals surface area contributed by atoms with E-state index in [1.165, 1.54) is 0 Å². The van der Waals surface area contributed by atoms with E-state index in [1.54, 1.807) is 30.2 Å². The van der Waals surface area contributed by atoms with Crippen LogP contribution in [0, 0.1) is 0 Å². The van der Waals surface area contributed by atoms with Crippen molar-refractivity contribution in [2.45, 2.75) is 19.3 Å². The van der Waals surface area contributed by atoms with Gasteiger partial charge in [0, 0.05) is 23.1 Å². The predicted molar refractivity (Wildman–Crippen MR) is 107 cm³/mol. The van der Waals surface area contributed by atoms with Gasteiger partial charge in [0.2, 0.25) is 11.8 Å². The van der Waals surface area contributed by atoms with Gasteiger partial charge >= 0.3 is 0 Å². The molecule has 7 heteroatoms. The van der Waals surface area contributed by atoms with Crippen LogP contribution in [-0.4, -0.2) is 32.1 Å². The van der Waals surface area contributed by atoms with Crippen LogP contribution in [0.25, 0.3) is 0 Å². The zero-order valence-electron chi connectivity index (χ0n) is 15.0. The molecule has 2 aromatic carbocycles. The summed E-state index contributed by atoms with van der Waals surface area (Å²) < 4.78 is 11.9. The van der Waals surface area contributed by atoms with Crippen LogP contribution >= 0.6 is 15.9 Å². The molecular weight excluding hydrogens is 412 g/mol. The van der Waals surface area contributed by atoms with Gasteiger partial charge in [-0.2, -0.15) is 0 Å². The molecular formula is C20H21BrN2O4. The maximum absolute atomic E-state index is 12.2. The summed E-state index contributed by atoms with van der Waals surface area (Å²) in [6, 6.07) is 12.8. The molecule has 0 spiro atoms. The van der Waals surface area contributed by atoms with Gasteiger partial charge in [-0.25, -0.2) is 0 Å². The topological polar surface area (TPSA) is 67.9 Å². The van der Waals surface area contributed by atoms with Crippen LogP contribution < -0.4 is 19.7 Å². The summed E-state index contributed by atoms with van der Waals surface area (Å²) in [5.74, 6) is 1.23. The van der Waals surface area contributed by atoms with E-state index in [2.05, 4.69) is 21.2 Å². The van der Waals surface area contributed by atoms with Crippen LogP contribution in [0.4, 0.5) is 11.4 Å². The van der Waals surface area contributed by atoms with Crippen LogP contribution in [0.2, 0.25) is 0 Å². The van der Waals surface area contributed by atoms with Crippen molar-refractivity contribution < 1.29 is 19.1 Å². The highest BCUT2D eigenvalue weighted by atomic mass is 79.9. The Labute approximate surface area is 166 Å². The highest BCUT2D eigenvalue weighted by molar-refractivity contribution is 9.10. The molecule has 0 unspecified atom stereocenters. The average Bonchev–Trinajstić information content (AvgIpc) is 3.07. The minimum atomic E-state index is -0.158. The first kappa shape index (κ1) is 19.2. The van der Waals surface area contributed by atoms with Crippen LogP contribution in [0.15, 0.2) is 46.9 Å². The molecule has 1 aliphatic heterocycles. The third-order valence-corrected chi connectivity index (χ3v) is 4.71. The van der Waals surface area contributed by atoms with E-state index in [0.717, 1.165) is 10.9 Å². The van der Waals surface area contributed by atoms with Gasteiger partial charge in [-0.3, -0.25) is 9.59 Å². The van der Waals surface area contributed by atoms with Gasteiger partial charge in [-0.1, -0.05) is 22.0 Å². The maximum Gasteiger partial charge on any atom is 0.227 e. The Hall–Kier alpha value is -2.54. The van der Waals surface area contributed by atoms with Gasteiger partial charge in [0.05, 0.1) is 25.8 Å². The number of hydrogen-bond acceptors (Lipinski definition) is 4. The molecule has 0 atom stereocenters. The molecule has 27 heavy (non-hydrogen) atoms. The van der Waals surface area contributed by atoms with E-state index in [0.29, 0.717) is 35.8 Å². The number of carbonyl (C=O) groups excluding carboxylic acids is 2. The SMILES string of the molecule is COc1ccc(NC(=O)CCOc2cccc(Br)c2)cc1N1CCCC1=O. The minimum Gasteiger partial charge on any atom is -0.495 e. The molecule has 142 valence electrons. The molecule has 6 nitrogen and oxygen atoms in total. The number of anilines is 2. The first-order valence-electron chi connectivity index (χ1n) is 8.73. The average molecular weight is 433 g/mol. The van der Waals surface area contributed by atoms with Crippen LogP contribution in [-0.2, 0) is 9.59 Å². The maximum atomic E-state index is 12.2. The molecule has 0 radical (unpaired) electrons. The summed E-state index contributed by atoms with van der Waals surface area (Å²) in [7, 11) is 1.57. The lowest BCUT2D eigenvalue weighted by Crippen LogP contribution is -2.24. The molecule has 3 rings (SSSR count). The molecule has 0 aliphatic carbocycles. The second-order valence-corrected chi connectivity index (χ2v) is 7.06. The zero-order valence-corrected chi connectivity index (χ0v) is 16.6. The molecule has 0 saturated carbocycles. The van der Waals surface area contributed by atoms with Crippen molar-refractivity contribution >= 4 is 39.1 Å². The van der Waals surface area contributed by atoms with E-state index in [4.69, 9.17) is 9.47 Å². The van der Waals surface area contributed by atoms with Crippen molar-refractivity contribution in [2.75, 3.05) is 30.5 Å². The Kier molecular flexibility index (Phi) is 6.34. The smallest absolute Gasteiger partial charge is 0.227 e. The molecule has 2 aromatic rings. The van der Waals surface area contributed by atoms with Crippen molar-refractivity contribution in [3.63, 3.8) is 0 Å². The van der Waals surface area contributed by atoms with Gasteiger partial charge in [-0.05, 0) is 42.8 Å². The van der Waals surface area contributed by atoms with Gasteiger partial charge in [0.15, 0.2) is 0 Å². The van der Waals surface area contributed by atoms with Crippen LogP contribution in [0.1, 0.15) is 19.3 Å². The number of rotatable bonds is 7. The fraction of sp³-hybridized carbons (Fsp3) is 0.300. The van der Waals surface area contributed by atoms with Gasteiger partial charge in [-0.15, -0.1) is 0 Å². The lowest BCUT2D eigenvalue weighted by molar-refractivity contribution is -0.117. The van der Waals surface area contributed by atoms with Gasteiger partial charge in [0.1, 0.15) is 11.5 Å². The van der Waals surface area contributed by atoms with Crippen molar-refractivity contribution in [3.8, 4) is 11.5 Å². The monoisotopic (exact) mass is 432 g/mol. The van der Waals surface area contributed by atoms with Gasteiger partial charge < -0.3 is 19.7 Å². The van der Waals surface area contributed by atoms with Gasteiger partial charge in [0.25, 0.3) is 0 Å². The molecule has 1 fully saturated rings. The number of ether oxygens (including phenoxy) is 2. The summed E-state index contributed by atoms with van der Waals surface area (Å²) >= 11 is 3.38. The van der Waals surface area contributed by atoms with Crippen LogP contribution in [0.3, 0.4) is 0 Å². The molecule has 0 bridgehead atoms.